The molecule has 0 heterocycles. The van der Waals surface area contributed by atoms with E-state index in [9.17, 15) is 8.78 Å². The molecule has 0 atom stereocenters. The topological polar surface area (TPSA) is 13.6 Å². The molecule has 0 unspecified atom stereocenters. The predicted octanol–water partition coefficient (Wildman–Crippen LogP) is 4.19. The Morgan fingerprint density at radius 1 is 1.17 bits per heavy atom. The van der Waals surface area contributed by atoms with Gasteiger partial charge in [0.15, 0.2) is 0 Å². The number of methoxy groups -OCH3 is 1. The Balaban J connectivity index is 2.61. The van der Waals surface area contributed by atoms with Crippen molar-refractivity contribution in [2.75, 3.05) is 7.11 Å². The maximum atomic E-state index is 14.0. The number of halogens is 2. The highest BCUT2D eigenvalue weighted by Crippen LogP contribution is 2.32. The van der Waals surface area contributed by atoms with Crippen LogP contribution in [0.3, 0.4) is 0 Å². The molecule has 0 saturated carbocycles. The lowest BCUT2D eigenvalue weighted by Gasteiger charge is -2.07. The van der Waals surface area contributed by atoms with Gasteiger partial charge in [-0.1, -0.05) is 18.2 Å². The van der Waals surface area contributed by atoms with Crippen molar-refractivity contribution in [3.63, 3.8) is 0 Å². The van der Waals surface area contributed by atoms with Crippen molar-refractivity contribution >= 4 is 5.69 Å². The zero-order valence-corrected chi connectivity index (χ0v) is 9.58. The Kier molecular flexibility index (Phi) is 3.24. The zero-order valence-electron chi connectivity index (χ0n) is 9.58. The largest absolute Gasteiger partial charge is 0.497 e. The number of rotatable bonds is 2. The van der Waals surface area contributed by atoms with Gasteiger partial charge in [-0.15, -0.1) is 0 Å². The van der Waals surface area contributed by atoms with Crippen LogP contribution in [0, 0.1) is 18.2 Å². The summed E-state index contributed by atoms with van der Waals surface area (Å²) in [6.07, 6.45) is 0. The molecule has 0 aliphatic heterocycles. The normalized spacial score (nSPS) is 9.89. The first-order chi connectivity index (χ1) is 8.67. The molecule has 2 aromatic carbocycles. The van der Waals surface area contributed by atoms with Gasteiger partial charge in [0.2, 0.25) is 0 Å². The number of hydrogen-bond acceptors (Lipinski definition) is 1. The van der Waals surface area contributed by atoms with Crippen LogP contribution < -0.4 is 4.74 Å². The summed E-state index contributed by atoms with van der Waals surface area (Å²) in [5, 5.41) is 0. The van der Waals surface area contributed by atoms with Crippen molar-refractivity contribution in [2.24, 2.45) is 0 Å². The van der Waals surface area contributed by atoms with Crippen molar-refractivity contribution in [1.82, 2.24) is 0 Å². The number of nitrogens with zero attached hydrogens (tertiary/aromatic N) is 1. The Hall–Kier alpha value is -2.41. The van der Waals surface area contributed by atoms with Crippen LogP contribution in [0.25, 0.3) is 16.0 Å². The lowest BCUT2D eigenvalue weighted by molar-refractivity contribution is 0.415. The summed E-state index contributed by atoms with van der Waals surface area (Å²) in [6.45, 7) is 6.78. The summed E-state index contributed by atoms with van der Waals surface area (Å²) >= 11 is 0. The summed E-state index contributed by atoms with van der Waals surface area (Å²) in [5.74, 6) is -1.13. The smallest absolute Gasteiger partial charge is 0.257 e. The first kappa shape index (κ1) is 12.1. The van der Waals surface area contributed by atoms with E-state index in [-0.39, 0.29) is 5.56 Å². The fourth-order valence-electron chi connectivity index (χ4n) is 1.66. The molecule has 0 N–H and O–H groups in total. The van der Waals surface area contributed by atoms with E-state index >= 15 is 0 Å². The molecule has 18 heavy (non-hydrogen) atoms. The van der Waals surface area contributed by atoms with Gasteiger partial charge in [0.1, 0.15) is 17.4 Å². The van der Waals surface area contributed by atoms with Gasteiger partial charge in [0.25, 0.3) is 5.69 Å². The Labute approximate surface area is 103 Å². The highest BCUT2D eigenvalue weighted by atomic mass is 19.1. The van der Waals surface area contributed by atoms with Crippen LogP contribution in [0.4, 0.5) is 14.5 Å². The van der Waals surface area contributed by atoms with Crippen LogP contribution in [0.1, 0.15) is 0 Å². The number of ether oxygens (including phenoxy) is 1. The van der Waals surface area contributed by atoms with E-state index in [0.29, 0.717) is 11.3 Å². The summed E-state index contributed by atoms with van der Waals surface area (Å²) in [6, 6.07) is 9.13. The third-order valence-corrected chi connectivity index (χ3v) is 2.56. The van der Waals surface area contributed by atoms with Gasteiger partial charge in [-0.3, -0.25) is 0 Å². The second-order valence-corrected chi connectivity index (χ2v) is 3.60. The fourth-order valence-corrected chi connectivity index (χ4v) is 1.66. The molecule has 2 nitrogen and oxygen atoms in total. The molecule has 0 saturated heterocycles. The maximum Gasteiger partial charge on any atom is 0.257 e. The molecule has 0 aliphatic carbocycles. The highest BCUT2D eigenvalue weighted by Gasteiger charge is 2.15. The number of hydrogen-bond donors (Lipinski definition) is 0. The van der Waals surface area contributed by atoms with Gasteiger partial charge >= 0.3 is 0 Å². The standard InChI is InChI=1S/C14H9F2NO/c1-17-14-12(15)7-6-11(13(14)16)9-4-3-5-10(8-9)18-2/h3-8H,2H3. The third kappa shape index (κ3) is 2.03. The molecule has 0 aromatic heterocycles. The van der Waals surface area contributed by atoms with E-state index < -0.39 is 17.3 Å². The molecule has 2 rings (SSSR count). The van der Waals surface area contributed by atoms with Gasteiger partial charge in [0, 0.05) is 5.56 Å². The molecule has 2 aromatic rings. The molecule has 0 amide bonds. The molecule has 0 bridgehead atoms. The minimum Gasteiger partial charge on any atom is -0.497 e. The second kappa shape index (κ2) is 4.84. The van der Waals surface area contributed by atoms with Crippen molar-refractivity contribution in [3.8, 4) is 16.9 Å². The summed E-state index contributed by atoms with van der Waals surface area (Å²) < 4.78 is 32.2. The Morgan fingerprint density at radius 3 is 2.61 bits per heavy atom. The van der Waals surface area contributed by atoms with Gasteiger partial charge < -0.3 is 4.74 Å². The molecule has 0 aliphatic rings. The fraction of sp³-hybridized carbons (Fsp3) is 0.0714. The quantitative estimate of drug-likeness (QED) is 0.723. The van der Waals surface area contributed by atoms with Gasteiger partial charge in [-0.05, 0) is 23.8 Å². The molecule has 0 spiro atoms. The van der Waals surface area contributed by atoms with E-state index in [0.717, 1.165) is 6.07 Å². The molecular weight excluding hydrogens is 236 g/mol. The highest BCUT2D eigenvalue weighted by molar-refractivity contribution is 5.71. The van der Waals surface area contributed by atoms with Crippen LogP contribution in [0.2, 0.25) is 0 Å². The number of benzene rings is 2. The Morgan fingerprint density at radius 2 is 1.94 bits per heavy atom. The first-order valence-corrected chi connectivity index (χ1v) is 5.17. The predicted molar refractivity (Wildman–Crippen MR) is 64.6 cm³/mol. The van der Waals surface area contributed by atoms with Crippen LogP contribution in [0.15, 0.2) is 36.4 Å². The Bertz CT molecular complexity index is 632. The van der Waals surface area contributed by atoms with Gasteiger partial charge in [-0.2, -0.15) is 0 Å². The van der Waals surface area contributed by atoms with Gasteiger partial charge in [0.05, 0.1) is 13.7 Å². The second-order valence-electron chi connectivity index (χ2n) is 3.60. The van der Waals surface area contributed by atoms with Crippen molar-refractivity contribution in [1.29, 1.82) is 0 Å². The van der Waals surface area contributed by atoms with Crippen molar-refractivity contribution in [2.45, 2.75) is 0 Å². The lowest BCUT2D eigenvalue weighted by atomic mass is 10.0. The monoisotopic (exact) mass is 245 g/mol. The van der Waals surface area contributed by atoms with Gasteiger partial charge in [-0.25, -0.2) is 13.6 Å². The van der Waals surface area contributed by atoms with E-state index in [4.69, 9.17) is 11.3 Å². The van der Waals surface area contributed by atoms with Crippen LogP contribution in [-0.2, 0) is 0 Å². The van der Waals surface area contributed by atoms with E-state index in [1.54, 1.807) is 24.3 Å². The lowest BCUT2D eigenvalue weighted by Crippen LogP contribution is -1.89. The van der Waals surface area contributed by atoms with Crippen LogP contribution in [0.5, 0.6) is 5.75 Å². The average molecular weight is 245 g/mol. The minimum atomic E-state index is -0.853. The zero-order chi connectivity index (χ0) is 13.1. The third-order valence-electron chi connectivity index (χ3n) is 2.56. The molecular formula is C14H9F2NO. The minimum absolute atomic E-state index is 0.182. The van der Waals surface area contributed by atoms with Crippen molar-refractivity contribution in [3.05, 3.63) is 59.4 Å². The van der Waals surface area contributed by atoms with E-state index in [1.807, 2.05) is 0 Å². The van der Waals surface area contributed by atoms with Crippen molar-refractivity contribution < 1.29 is 13.5 Å². The molecule has 4 heteroatoms. The molecule has 90 valence electrons. The summed E-state index contributed by atoms with van der Waals surface area (Å²) in [4.78, 5) is 2.87. The maximum absolute atomic E-state index is 14.0. The van der Waals surface area contributed by atoms with E-state index in [1.165, 1.54) is 13.2 Å². The van der Waals surface area contributed by atoms with Crippen LogP contribution in [-0.4, -0.2) is 7.11 Å². The average Bonchev–Trinajstić information content (AvgIpc) is 2.39. The van der Waals surface area contributed by atoms with Crippen LogP contribution >= 0.6 is 0 Å². The summed E-state index contributed by atoms with van der Waals surface area (Å²) in [7, 11) is 1.50. The molecule has 0 fully saturated rings. The first-order valence-electron chi connectivity index (χ1n) is 5.17. The molecule has 0 radical (unpaired) electrons. The SMILES string of the molecule is [C-]#[N+]c1c(F)ccc(-c2cccc(OC)c2)c1F. The van der Waals surface area contributed by atoms with E-state index in [2.05, 4.69) is 4.85 Å². The summed E-state index contributed by atoms with van der Waals surface area (Å²) in [5.41, 5.74) is 0.133.